The summed E-state index contributed by atoms with van der Waals surface area (Å²) in [5, 5.41) is 5.63. The van der Waals surface area contributed by atoms with E-state index in [0.717, 1.165) is 17.0 Å². The molecule has 0 saturated heterocycles. The number of anilines is 1. The van der Waals surface area contributed by atoms with Crippen LogP contribution in [0.2, 0.25) is 0 Å². The number of amides is 2. The third-order valence-corrected chi connectivity index (χ3v) is 3.59. The Balaban J connectivity index is 1.51. The number of aromatic nitrogens is 3. The van der Waals surface area contributed by atoms with Crippen molar-refractivity contribution in [2.24, 2.45) is 0 Å². The lowest BCUT2D eigenvalue weighted by molar-refractivity contribution is 0.252. The van der Waals surface area contributed by atoms with E-state index < -0.39 is 0 Å². The molecule has 6 heteroatoms. The molecule has 0 aliphatic rings. The molecule has 0 unspecified atom stereocenters. The molecule has 3 rings (SSSR count). The number of benzene rings is 1. The third-order valence-electron chi connectivity index (χ3n) is 3.59. The second-order valence-corrected chi connectivity index (χ2v) is 5.55. The molecule has 1 aromatic carbocycles. The third kappa shape index (κ3) is 4.84. The van der Waals surface area contributed by atoms with Gasteiger partial charge in [0.2, 0.25) is 0 Å². The first kappa shape index (κ1) is 16.6. The summed E-state index contributed by atoms with van der Waals surface area (Å²) in [7, 11) is 0. The summed E-state index contributed by atoms with van der Waals surface area (Å²) in [6.07, 6.45) is 4.17. The molecule has 126 valence electrons. The Morgan fingerprint density at radius 3 is 2.56 bits per heavy atom. The summed E-state index contributed by atoms with van der Waals surface area (Å²) in [5.41, 5.74) is 3.49. The molecule has 3 aromatic rings. The van der Waals surface area contributed by atoms with E-state index in [4.69, 9.17) is 0 Å². The molecule has 0 radical (unpaired) electrons. The van der Waals surface area contributed by atoms with Crippen LogP contribution >= 0.6 is 0 Å². The summed E-state index contributed by atoms with van der Waals surface area (Å²) >= 11 is 0. The number of hydrogen-bond donors (Lipinski definition) is 2. The van der Waals surface area contributed by atoms with Crippen LogP contribution in [0, 0.1) is 6.92 Å². The normalized spacial score (nSPS) is 10.3. The fourth-order valence-corrected chi connectivity index (χ4v) is 2.32. The van der Waals surface area contributed by atoms with Gasteiger partial charge in [-0.3, -0.25) is 4.98 Å². The number of pyridine rings is 1. The Labute approximate surface area is 146 Å². The summed E-state index contributed by atoms with van der Waals surface area (Å²) in [4.78, 5) is 24.8. The van der Waals surface area contributed by atoms with Crippen molar-refractivity contribution in [1.82, 2.24) is 20.3 Å². The highest BCUT2D eigenvalue weighted by molar-refractivity contribution is 5.89. The SMILES string of the molecule is Cc1ccnc(-c2ccc(NC(=O)NCCc3ccccn3)cc2)n1. The maximum Gasteiger partial charge on any atom is 0.319 e. The van der Waals surface area contributed by atoms with E-state index in [9.17, 15) is 4.79 Å². The summed E-state index contributed by atoms with van der Waals surface area (Å²) < 4.78 is 0. The van der Waals surface area contributed by atoms with Gasteiger partial charge in [-0.15, -0.1) is 0 Å². The van der Waals surface area contributed by atoms with Crippen molar-refractivity contribution in [2.45, 2.75) is 13.3 Å². The average molecular weight is 333 g/mol. The number of hydrogen-bond acceptors (Lipinski definition) is 4. The predicted octanol–water partition coefficient (Wildman–Crippen LogP) is 3.21. The molecular formula is C19H19N5O. The second-order valence-electron chi connectivity index (χ2n) is 5.55. The van der Waals surface area contributed by atoms with Crippen molar-refractivity contribution in [3.8, 4) is 11.4 Å². The van der Waals surface area contributed by atoms with Crippen LogP contribution in [0.5, 0.6) is 0 Å². The van der Waals surface area contributed by atoms with Crippen LogP contribution < -0.4 is 10.6 Å². The molecule has 0 fully saturated rings. The molecule has 0 bridgehead atoms. The molecule has 25 heavy (non-hydrogen) atoms. The van der Waals surface area contributed by atoms with E-state index in [0.29, 0.717) is 24.5 Å². The van der Waals surface area contributed by atoms with Gasteiger partial charge in [0.15, 0.2) is 5.82 Å². The molecule has 0 saturated carbocycles. The van der Waals surface area contributed by atoms with E-state index in [1.807, 2.05) is 55.5 Å². The zero-order valence-corrected chi connectivity index (χ0v) is 13.9. The highest BCUT2D eigenvalue weighted by atomic mass is 16.2. The van der Waals surface area contributed by atoms with Gasteiger partial charge in [0.25, 0.3) is 0 Å². The highest BCUT2D eigenvalue weighted by Gasteiger charge is 2.04. The van der Waals surface area contributed by atoms with Crippen LogP contribution in [0.4, 0.5) is 10.5 Å². The number of nitrogens with zero attached hydrogens (tertiary/aromatic N) is 3. The summed E-state index contributed by atoms with van der Waals surface area (Å²) in [6, 6.07) is 14.8. The Morgan fingerprint density at radius 1 is 1.00 bits per heavy atom. The molecular weight excluding hydrogens is 314 g/mol. The summed E-state index contributed by atoms with van der Waals surface area (Å²) in [5.74, 6) is 0.673. The van der Waals surface area contributed by atoms with E-state index in [2.05, 4.69) is 25.6 Å². The first-order valence-electron chi connectivity index (χ1n) is 8.05. The van der Waals surface area contributed by atoms with Crippen LogP contribution in [-0.2, 0) is 6.42 Å². The molecule has 0 atom stereocenters. The van der Waals surface area contributed by atoms with Crippen molar-refractivity contribution < 1.29 is 4.79 Å². The molecule has 0 aliphatic heterocycles. The van der Waals surface area contributed by atoms with Crippen molar-refractivity contribution in [3.63, 3.8) is 0 Å². The van der Waals surface area contributed by atoms with Crippen molar-refractivity contribution >= 4 is 11.7 Å². The maximum absolute atomic E-state index is 11.9. The molecule has 2 N–H and O–H groups in total. The Morgan fingerprint density at radius 2 is 1.84 bits per heavy atom. The second kappa shape index (κ2) is 8.01. The fraction of sp³-hybridized carbons (Fsp3) is 0.158. The number of carbonyl (C=O) groups is 1. The van der Waals surface area contributed by atoms with Crippen LogP contribution in [0.1, 0.15) is 11.4 Å². The van der Waals surface area contributed by atoms with Crippen LogP contribution in [-0.4, -0.2) is 27.5 Å². The zero-order chi connectivity index (χ0) is 17.5. The van der Waals surface area contributed by atoms with Gasteiger partial charge in [-0.25, -0.2) is 14.8 Å². The van der Waals surface area contributed by atoms with Gasteiger partial charge in [0.1, 0.15) is 0 Å². The topological polar surface area (TPSA) is 79.8 Å². The summed E-state index contributed by atoms with van der Waals surface area (Å²) in [6.45, 7) is 2.45. The predicted molar refractivity (Wildman–Crippen MR) is 97.2 cm³/mol. The first-order valence-corrected chi connectivity index (χ1v) is 8.05. The lowest BCUT2D eigenvalue weighted by Gasteiger charge is -2.08. The maximum atomic E-state index is 11.9. The number of nitrogens with one attached hydrogen (secondary N) is 2. The minimum Gasteiger partial charge on any atom is -0.337 e. The minimum atomic E-state index is -0.240. The Kier molecular flexibility index (Phi) is 5.31. The molecule has 0 spiro atoms. The number of carbonyl (C=O) groups excluding carboxylic acids is 1. The zero-order valence-electron chi connectivity index (χ0n) is 13.9. The van der Waals surface area contributed by atoms with Crippen LogP contribution in [0.3, 0.4) is 0 Å². The van der Waals surface area contributed by atoms with Gasteiger partial charge in [0, 0.05) is 48.0 Å². The number of urea groups is 1. The van der Waals surface area contributed by atoms with Crippen LogP contribution in [0.25, 0.3) is 11.4 Å². The van der Waals surface area contributed by atoms with Gasteiger partial charge >= 0.3 is 6.03 Å². The molecule has 2 amide bonds. The molecule has 2 heterocycles. The average Bonchev–Trinajstić information content (AvgIpc) is 2.63. The quantitative estimate of drug-likeness (QED) is 0.751. The highest BCUT2D eigenvalue weighted by Crippen LogP contribution is 2.17. The lowest BCUT2D eigenvalue weighted by Crippen LogP contribution is -2.30. The molecule has 2 aromatic heterocycles. The van der Waals surface area contributed by atoms with Crippen LogP contribution in [0.15, 0.2) is 60.9 Å². The van der Waals surface area contributed by atoms with Gasteiger partial charge < -0.3 is 10.6 Å². The van der Waals surface area contributed by atoms with Gasteiger partial charge in [-0.1, -0.05) is 6.07 Å². The van der Waals surface area contributed by atoms with Gasteiger partial charge in [-0.2, -0.15) is 0 Å². The largest absolute Gasteiger partial charge is 0.337 e. The standard InChI is InChI=1S/C19H19N5O/c1-14-9-12-21-18(23-14)15-5-7-17(8-6-15)24-19(25)22-13-10-16-4-2-3-11-20-16/h2-9,11-12H,10,13H2,1H3,(H2,22,24,25). The monoisotopic (exact) mass is 333 g/mol. The van der Waals surface area contributed by atoms with E-state index in [1.165, 1.54) is 0 Å². The smallest absolute Gasteiger partial charge is 0.319 e. The molecule has 0 aliphatic carbocycles. The van der Waals surface area contributed by atoms with E-state index in [1.54, 1.807) is 12.4 Å². The van der Waals surface area contributed by atoms with Gasteiger partial charge in [0.05, 0.1) is 0 Å². The molecule has 6 nitrogen and oxygen atoms in total. The van der Waals surface area contributed by atoms with Gasteiger partial charge in [-0.05, 0) is 49.4 Å². The van der Waals surface area contributed by atoms with Crippen molar-refractivity contribution in [2.75, 3.05) is 11.9 Å². The Bertz CT molecular complexity index is 834. The van der Waals surface area contributed by atoms with E-state index in [-0.39, 0.29) is 6.03 Å². The number of rotatable bonds is 5. The number of aryl methyl sites for hydroxylation is 1. The van der Waals surface area contributed by atoms with Crippen molar-refractivity contribution in [3.05, 3.63) is 72.3 Å². The minimum absolute atomic E-state index is 0.240. The van der Waals surface area contributed by atoms with Crippen molar-refractivity contribution in [1.29, 1.82) is 0 Å². The van der Waals surface area contributed by atoms with E-state index >= 15 is 0 Å². The fourth-order valence-electron chi connectivity index (χ4n) is 2.32. The lowest BCUT2D eigenvalue weighted by atomic mass is 10.2. The first-order chi connectivity index (χ1) is 12.2. The Hall–Kier alpha value is -3.28.